The van der Waals surface area contributed by atoms with Crippen LogP contribution in [0.1, 0.15) is 11.6 Å². The molecule has 1 heterocycles. The summed E-state index contributed by atoms with van der Waals surface area (Å²) in [6.07, 6.45) is 1.18. The fourth-order valence-corrected chi connectivity index (χ4v) is 2.76. The first-order chi connectivity index (χ1) is 8.30. The molecule has 6 heteroatoms. The average Bonchev–Trinajstić information content (AvgIpc) is 2.56. The van der Waals surface area contributed by atoms with Gasteiger partial charge in [0.25, 0.3) is 0 Å². The molecule has 1 aliphatic heterocycles. The summed E-state index contributed by atoms with van der Waals surface area (Å²) < 4.78 is 22.7. The van der Waals surface area contributed by atoms with Gasteiger partial charge in [0, 0.05) is 26.9 Å². The van der Waals surface area contributed by atoms with Gasteiger partial charge in [-0.25, -0.2) is 13.2 Å². The summed E-state index contributed by atoms with van der Waals surface area (Å²) in [7, 11) is 0.336. The van der Waals surface area contributed by atoms with Gasteiger partial charge < -0.3 is 9.80 Å². The van der Waals surface area contributed by atoms with E-state index < -0.39 is 9.84 Å². The van der Waals surface area contributed by atoms with Crippen LogP contribution in [0, 0.1) is 0 Å². The fourth-order valence-electron chi connectivity index (χ4n) is 2.13. The molecular weight excluding hydrogens is 252 g/mol. The Morgan fingerprint density at radius 2 is 1.72 bits per heavy atom. The van der Waals surface area contributed by atoms with E-state index in [1.807, 2.05) is 0 Å². The molecule has 98 valence electrons. The van der Waals surface area contributed by atoms with Gasteiger partial charge in [0.2, 0.25) is 0 Å². The summed E-state index contributed by atoms with van der Waals surface area (Å²) in [5, 5.41) is 0. The minimum Gasteiger partial charge on any atom is -0.325 e. The third kappa shape index (κ3) is 2.20. The van der Waals surface area contributed by atoms with Crippen LogP contribution in [0.2, 0.25) is 0 Å². The Morgan fingerprint density at radius 3 is 2.11 bits per heavy atom. The van der Waals surface area contributed by atoms with Gasteiger partial charge in [-0.1, -0.05) is 12.1 Å². The van der Waals surface area contributed by atoms with Gasteiger partial charge in [-0.2, -0.15) is 0 Å². The van der Waals surface area contributed by atoms with E-state index in [1.165, 1.54) is 6.26 Å². The molecule has 0 spiro atoms. The Labute approximate surface area is 107 Å². The van der Waals surface area contributed by atoms with Gasteiger partial charge in [-0.3, -0.25) is 0 Å². The number of sulfone groups is 1. The number of likely N-dealkylation sites (N-methyl/N-ethyl adjacent to an activating group) is 2. The minimum atomic E-state index is -3.17. The molecule has 2 amide bonds. The molecule has 1 aromatic rings. The molecule has 0 N–H and O–H groups in total. The number of benzene rings is 1. The lowest BCUT2D eigenvalue weighted by Gasteiger charge is -2.18. The number of urea groups is 1. The van der Waals surface area contributed by atoms with Gasteiger partial charge >= 0.3 is 6.03 Å². The maximum Gasteiger partial charge on any atom is 0.320 e. The standard InChI is InChI=1S/C12H16N2O3S/c1-13-8-11(14(2)12(13)15)9-4-6-10(7-5-9)18(3,16)17/h4-7,11H,8H2,1-3H3. The third-order valence-electron chi connectivity index (χ3n) is 3.24. The molecule has 5 nitrogen and oxygen atoms in total. The lowest BCUT2D eigenvalue weighted by Crippen LogP contribution is -2.26. The van der Waals surface area contributed by atoms with Crippen LogP contribution in [0.5, 0.6) is 0 Å². The molecule has 1 atom stereocenters. The highest BCUT2D eigenvalue weighted by Crippen LogP contribution is 2.27. The normalized spacial score (nSPS) is 20.6. The van der Waals surface area contributed by atoms with E-state index in [0.717, 1.165) is 5.56 Å². The predicted molar refractivity (Wildman–Crippen MR) is 68.1 cm³/mol. The molecule has 0 aliphatic carbocycles. The van der Waals surface area contributed by atoms with Gasteiger partial charge in [-0.15, -0.1) is 0 Å². The summed E-state index contributed by atoms with van der Waals surface area (Å²) in [5.41, 5.74) is 0.947. The van der Waals surface area contributed by atoms with E-state index in [9.17, 15) is 13.2 Å². The number of hydrogen-bond donors (Lipinski definition) is 0. The first-order valence-electron chi connectivity index (χ1n) is 5.58. The molecule has 0 aromatic heterocycles. The average molecular weight is 268 g/mol. The van der Waals surface area contributed by atoms with Crippen molar-refractivity contribution in [3.05, 3.63) is 29.8 Å². The van der Waals surface area contributed by atoms with E-state index in [0.29, 0.717) is 11.4 Å². The van der Waals surface area contributed by atoms with Gasteiger partial charge in [0.05, 0.1) is 10.9 Å². The second kappa shape index (κ2) is 4.28. The Balaban J connectivity index is 2.29. The first-order valence-corrected chi connectivity index (χ1v) is 7.48. The zero-order valence-corrected chi connectivity index (χ0v) is 11.4. The van der Waals surface area contributed by atoms with Crippen molar-refractivity contribution in [3.63, 3.8) is 0 Å². The smallest absolute Gasteiger partial charge is 0.320 e. The van der Waals surface area contributed by atoms with Crippen LogP contribution in [-0.4, -0.2) is 51.1 Å². The fraction of sp³-hybridized carbons (Fsp3) is 0.417. The Kier molecular flexibility index (Phi) is 3.06. The molecule has 0 bridgehead atoms. The molecule has 1 fully saturated rings. The van der Waals surface area contributed by atoms with Crippen molar-refractivity contribution < 1.29 is 13.2 Å². The van der Waals surface area contributed by atoms with E-state index in [-0.39, 0.29) is 12.1 Å². The van der Waals surface area contributed by atoms with Crippen LogP contribution in [0.15, 0.2) is 29.2 Å². The molecule has 1 saturated heterocycles. The summed E-state index contributed by atoms with van der Waals surface area (Å²) in [5.74, 6) is 0. The number of carbonyl (C=O) groups is 1. The maximum absolute atomic E-state index is 11.7. The largest absolute Gasteiger partial charge is 0.325 e. The van der Waals surface area contributed by atoms with Crippen molar-refractivity contribution in [2.45, 2.75) is 10.9 Å². The van der Waals surface area contributed by atoms with Crippen LogP contribution in [0.4, 0.5) is 4.79 Å². The van der Waals surface area contributed by atoms with Crippen LogP contribution in [-0.2, 0) is 9.84 Å². The van der Waals surface area contributed by atoms with Crippen molar-refractivity contribution in [2.24, 2.45) is 0 Å². The zero-order valence-electron chi connectivity index (χ0n) is 10.6. The summed E-state index contributed by atoms with van der Waals surface area (Å²) in [4.78, 5) is 15.3. The molecule has 1 unspecified atom stereocenters. The SMILES string of the molecule is CN1CC(c2ccc(S(C)(=O)=O)cc2)N(C)C1=O. The molecule has 1 aromatic carbocycles. The highest BCUT2D eigenvalue weighted by molar-refractivity contribution is 7.90. The van der Waals surface area contributed by atoms with Gasteiger partial charge in [0.1, 0.15) is 0 Å². The molecule has 2 rings (SSSR count). The third-order valence-corrected chi connectivity index (χ3v) is 4.36. The van der Waals surface area contributed by atoms with E-state index in [4.69, 9.17) is 0 Å². The van der Waals surface area contributed by atoms with Crippen molar-refractivity contribution in [2.75, 3.05) is 26.9 Å². The maximum atomic E-state index is 11.7. The van der Waals surface area contributed by atoms with Crippen molar-refractivity contribution >= 4 is 15.9 Å². The molecule has 1 aliphatic rings. The topological polar surface area (TPSA) is 57.7 Å². The number of rotatable bonds is 2. The number of nitrogens with zero attached hydrogens (tertiary/aromatic N) is 2. The molecule has 18 heavy (non-hydrogen) atoms. The highest BCUT2D eigenvalue weighted by Gasteiger charge is 2.33. The zero-order chi connectivity index (χ0) is 13.5. The van der Waals surface area contributed by atoms with Gasteiger partial charge in [0.15, 0.2) is 9.84 Å². The quantitative estimate of drug-likeness (QED) is 0.808. The van der Waals surface area contributed by atoms with Crippen LogP contribution in [0.3, 0.4) is 0 Å². The highest BCUT2D eigenvalue weighted by atomic mass is 32.2. The predicted octanol–water partition coefficient (Wildman–Crippen LogP) is 1.13. The van der Waals surface area contributed by atoms with E-state index >= 15 is 0 Å². The molecular formula is C12H16N2O3S. The van der Waals surface area contributed by atoms with Crippen molar-refractivity contribution in [3.8, 4) is 0 Å². The number of carbonyl (C=O) groups excluding carboxylic acids is 1. The summed E-state index contributed by atoms with van der Waals surface area (Å²) in [6.45, 7) is 0.619. The molecule has 0 saturated carbocycles. The van der Waals surface area contributed by atoms with Crippen molar-refractivity contribution in [1.29, 1.82) is 0 Å². The Hall–Kier alpha value is -1.56. The van der Waals surface area contributed by atoms with Crippen molar-refractivity contribution in [1.82, 2.24) is 9.80 Å². The summed E-state index contributed by atoms with van der Waals surface area (Å²) >= 11 is 0. The first kappa shape index (κ1) is 12.9. The van der Waals surface area contributed by atoms with E-state index in [1.54, 1.807) is 48.2 Å². The van der Waals surface area contributed by atoms with E-state index in [2.05, 4.69) is 0 Å². The second-order valence-electron chi connectivity index (χ2n) is 4.63. The second-order valence-corrected chi connectivity index (χ2v) is 6.65. The van der Waals surface area contributed by atoms with Crippen LogP contribution < -0.4 is 0 Å². The number of amides is 2. The minimum absolute atomic E-state index is 0.0175. The summed E-state index contributed by atoms with van der Waals surface area (Å²) in [6, 6.07) is 6.67. The number of hydrogen-bond acceptors (Lipinski definition) is 3. The van der Waals surface area contributed by atoms with Gasteiger partial charge in [-0.05, 0) is 17.7 Å². The Bertz CT molecular complexity index is 565. The van der Waals surface area contributed by atoms with Crippen LogP contribution >= 0.6 is 0 Å². The lowest BCUT2D eigenvalue weighted by atomic mass is 10.1. The lowest BCUT2D eigenvalue weighted by molar-refractivity contribution is 0.201. The molecule has 0 radical (unpaired) electrons. The Morgan fingerprint density at radius 1 is 1.17 bits per heavy atom. The van der Waals surface area contributed by atoms with Crippen LogP contribution in [0.25, 0.3) is 0 Å². The monoisotopic (exact) mass is 268 g/mol.